The van der Waals surface area contributed by atoms with Crippen molar-refractivity contribution in [2.45, 2.75) is 6.54 Å². The summed E-state index contributed by atoms with van der Waals surface area (Å²) in [5.41, 5.74) is 0.854. The van der Waals surface area contributed by atoms with Gasteiger partial charge in [0, 0.05) is 34.8 Å². The zero-order chi connectivity index (χ0) is 29.9. The van der Waals surface area contributed by atoms with Crippen LogP contribution in [0, 0.1) is 21.7 Å². The molecule has 2 aromatic carbocycles. The first-order chi connectivity index (χ1) is 20.3. The van der Waals surface area contributed by atoms with Gasteiger partial charge in [-0.3, -0.25) is 4.79 Å². The van der Waals surface area contributed by atoms with Crippen molar-refractivity contribution in [3.05, 3.63) is 64.7 Å². The van der Waals surface area contributed by atoms with E-state index in [1.807, 2.05) is 0 Å². The lowest BCUT2D eigenvalue weighted by Crippen LogP contribution is -2.31. The minimum atomic E-state index is -0.984. The van der Waals surface area contributed by atoms with E-state index >= 15 is 0 Å². The number of halogens is 2. The maximum atomic E-state index is 13.6. The second kappa shape index (κ2) is 14.6. The Morgan fingerprint density at radius 1 is 1.00 bits per heavy atom. The van der Waals surface area contributed by atoms with Gasteiger partial charge in [0.25, 0.3) is 0 Å². The van der Waals surface area contributed by atoms with Crippen molar-refractivity contribution in [3.8, 4) is 11.5 Å². The van der Waals surface area contributed by atoms with Crippen LogP contribution in [0.5, 0.6) is 11.5 Å². The molecule has 17 heteroatoms. The van der Waals surface area contributed by atoms with Crippen molar-refractivity contribution in [3.63, 3.8) is 0 Å². The quantitative estimate of drug-likeness (QED) is 0.111. The summed E-state index contributed by atoms with van der Waals surface area (Å²) in [7, 11) is 1.48. The molecule has 15 nitrogen and oxygen atoms in total. The van der Waals surface area contributed by atoms with Gasteiger partial charge in [-0.2, -0.15) is 4.68 Å². The summed E-state index contributed by atoms with van der Waals surface area (Å²) in [6.45, 7) is 1.33. The molecule has 0 unspecified atom stereocenters. The Morgan fingerprint density at radius 3 is 2.52 bits per heavy atom. The Labute approximate surface area is 236 Å². The van der Waals surface area contributed by atoms with Crippen molar-refractivity contribution in [1.29, 1.82) is 0 Å². The van der Waals surface area contributed by atoms with E-state index in [0.29, 0.717) is 40.5 Å². The van der Waals surface area contributed by atoms with Crippen LogP contribution in [0.2, 0.25) is 0 Å². The molecule has 222 valence electrons. The van der Waals surface area contributed by atoms with Crippen LogP contribution < -0.4 is 20.1 Å². The number of carbonyl (C=O) groups is 1. The smallest absolute Gasteiger partial charge is 0.490 e. The number of hydrogen-bond donors (Lipinski definition) is 2. The first kappa shape index (κ1) is 29.9. The largest absolute Gasteiger partial charge is 0.493 e. The Balaban J connectivity index is 1.15. The average Bonchev–Trinajstić information content (AvgIpc) is 3.44. The van der Waals surface area contributed by atoms with Gasteiger partial charge in [0.1, 0.15) is 25.3 Å². The zero-order valence-electron chi connectivity index (χ0n) is 22.3. The van der Waals surface area contributed by atoms with Gasteiger partial charge in [0.05, 0.1) is 39.1 Å². The lowest BCUT2D eigenvalue weighted by molar-refractivity contribution is -0.394. The third-order valence-electron chi connectivity index (χ3n) is 5.52. The third kappa shape index (κ3) is 8.24. The molecule has 0 aliphatic carbocycles. The molecule has 0 saturated carbocycles. The average molecular weight is 589 g/mol. The van der Waals surface area contributed by atoms with E-state index in [1.54, 1.807) is 12.1 Å². The van der Waals surface area contributed by atoms with E-state index in [2.05, 4.69) is 30.7 Å². The molecule has 0 spiro atoms. The lowest BCUT2D eigenvalue weighted by Gasteiger charge is -2.14. The Bertz CT molecular complexity index is 1540. The number of amides is 1. The maximum Gasteiger partial charge on any atom is 0.490 e. The summed E-state index contributed by atoms with van der Waals surface area (Å²) in [4.78, 5) is 33.6. The molecule has 42 heavy (non-hydrogen) atoms. The number of nitro groups is 1. The van der Waals surface area contributed by atoms with E-state index < -0.39 is 28.4 Å². The summed E-state index contributed by atoms with van der Waals surface area (Å²) >= 11 is 0. The number of hydrogen-bond acceptors (Lipinski definition) is 12. The van der Waals surface area contributed by atoms with Crippen LogP contribution in [-0.2, 0) is 20.8 Å². The zero-order valence-corrected chi connectivity index (χ0v) is 22.3. The van der Waals surface area contributed by atoms with E-state index in [1.165, 1.54) is 19.5 Å². The number of rotatable bonds is 16. The van der Waals surface area contributed by atoms with E-state index in [0.717, 1.165) is 23.1 Å². The van der Waals surface area contributed by atoms with Gasteiger partial charge in [-0.25, -0.2) is 18.7 Å². The molecule has 2 heterocycles. The molecular weight excluding hydrogens is 562 g/mol. The number of carbonyl (C=O) groups excluding carboxylic acids is 1. The van der Waals surface area contributed by atoms with Crippen molar-refractivity contribution in [2.75, 3.05) is 52.0 Å². The van der Waals surface area contributed by atoms with Crippen LogP contribution in [-0.4, -0.2) is 82.3 Å². The number of benzene rings is 2. The molecule has 4 rings (SSSR count). The number of nitrogens with zero attached hydrogens (tertiary/aromatic N) is 6. The molecule has 0 radical (unpaired) electrons. The van der Waals surface area contributed by atoms with E-state index in [9.17, 15) is 23.7 Å². The lowest BCUT2D eigenvalue weighted by atomic mass is 10.2. The molecule has 0 aliphatic rings. The van der Waals surface area contributed by atoms with Gasteiger partial charge in [0.15, 0.2) is 23.1 Å². The van der Waals surface area contributed by atoms with Crippen molar-refractivity contribution in [1.82, 2.24) is 30.0 Å². The number of fused-ring (bicyclic) bond motifs is 1. The molecule has 0 atom stereocenters. The predicted molar refractivity (Wildman–Crippen MR) is 143 cm³/mol. The summed E-state index contributed by atoms with van der Waals surface area (Å²) in [6, 6.07) is 6.79. The summed E-state index contributed by atoms with van der Waals surface area (Å²) in [5.74, 6) is -1.68. The molecule has 0 fully saturated rings. The third-order valence-corrected chi connectivity index (χ3v) is 5.52. The van der Waals surface area contributed by atoms with Crippen molar-refractivity contribution >= 4 is 34.3 Å². The summed E-state index contributed by atoms with van der Waals surface area (Å²) in [5, 5.41) is 20.3. The van der Waals surface area contributed by atoms with Gasteiger partial charge in [-0.05, 0) is 23.1 Å². The topological polar surface area (TPSA) is 178 Å². The number of anilines is 2. The highest BCUT2D eigenvalue weighted by Gasteiger charge is 2.15. The number of nitrogens with one attached hydrogen (secondary N) is 2. The van der Waals surface area contributed by atoms with Crippen molar-refractivity contribution < 1.29 is 37.4 Å². The summed E-state index contributed by atoms with van der Waals surface area (Å²) < 4.78 is 50.1. The van der Waals surface area contributed by atoms with Crippen LogP contribution in [0.1, 0.15) is 0 Å². The summed E-state index contributed by atoms with van der Waals surface area (Å²) in [6.07, 6.45) is 2.44. The van der Waals surface area contributed by atoms with E-state index in [4.69, 9.17) is 18.9 Å². The molecule has 2 aromatic heterocycles. The van der Waals surface area contributed by atoms with Crippen LogP contribution in [0.3, 0.4) is 0 Å². The van der Waals surface area contributed by atoms with E-state index in [-0.39, 0.29) is 39.5 Å². The first-order valence-corrected chi connectivity index (χ1v) is 12.5. The normalized spacial score (nSPS) is 10.9. The van der Waals surface area contributed by atoms with Gasteiger partial charge < -0.3 is 39.7 Å². The molecule has 0 aliphatic heterocycles. The maximum absolute atomic E-state index is 13.6. The molecule has 2 N–H and O–H groups in total. The first-order valence-electron chi connectivity index (χ1n) is 12.5. The monoisotopic (exact) mass is 588 g/mol. The fourth-order valence-electron chi connectivity index (χ4n) is 3.59. The van der Waals surface area contributed by atoms with Gasteiger partial charge in [-0.1, -0.05) is 4.98 Å². The second-order valence-corrected chi connectivity index (χ2v) is 8.42. The number of aromatic nitrogens is 5. The minimum Gasteiger partial charge on any atom is -0.493 e. The Morgan fingerprint density at radius 2 is 1.79 bits per heavy atom. The Hall–Kier alpha value is -5.03. The predicted octanol–water partition coefficient (Wildman–Crippen LogP) is 2.39. The highest BCUT2D eigenvalue weighted by molar-refractivity contribution is 5.93. The van der Waals surface area contributed by atoms with Crippen LogP contribution in [0.4, 0.5) is 26.2 Å². The van der Waals surface area contributed by atoms with Gasteiger partial charge >= 0.3 is 5.95 Å². The van der Waals surface area contributed by atoms with Crippen LogP contribution in [0.25, 0.3) is 10.9 Å². The molecule has 0 saturated heterocycles. The molecular formula is C25H26F2N8O7. The van der Waals surface area contributed by atoms with Crippen LogP contribution in [0.15, 0.2) is 43.0 Å². The molecule has 1 amide bonds. The SMILES string of the molecule is COc1cc2c(Nc3ccc(F)c(F)c3)ncnc2cc1OCCOCCOCCNC(=O)Cn1cnc([N+](=O)[O-])n1. The van der Waals surface area contributed by atoms with Crippen LogP contribution >= 0.6 is 0 Å². The standard InChI is InChI=1S/C25H26F2N8O7/c1-39-21-11-17-20(29-14-30-24(17)32-16-2-3-18(26)19(27)10-16)12-22(21)42-9-8-41-7-6-40-5-4-28-23(36)13-34-15-31-25(33-34)35(37)38/h2-3,10-12,14-15H,4-9,13H2,1H3,(H,28,36)(H,29,30,32). The fraction of sp³-hybridized carbons (Fsp3) is 0.320. The number of ether oxygens (including phenoxy) is 4. The highest BCUT2D eigenvalue weighted by Crippen LogP contribution is 2.34. The van der Waals surface area contributed by atoms with Gasteiger partial charge in [-0.15, -0.1) is 0 Å². The molecule has 4 aromatic rings. The second-order valence-electron chi connectivity index (χ2n) is 8.42. The molecule has 0 bridgehead atoms. The Kier molecular flexibility index (Phi) is 10.4. The highest BCUT2D eigenvalue weighted by atomic mass is 19.2. The van der Waals surface area contributed by atoms with Crippen molar-refractivity contribution in [2.24, 2.45) is 0 Å². The fourth-order valence-corrected chi connectivity index (χ4v) is 3.59. The minimum absolute atomic E-state index is 0.200. The van der Waals surface area contributed by atoms with Gasteiger partial charge in [0.2, 0.25) is 12.2 Å². The number of methoxy groups -OCH3 is 1.